The van der Waals surface area contributed by atoms with E-state index in [0.717, 1.165) is 81.1 Å². The predicted octanol–water partition coefficient (Wildman–Crippen LogP) is 3.03. The molecule has 2 aromatic heterocycles. The van der Waals surface area contributed by atoms with Gasteiger partial charge in [-0.05, 0) is 43.7 Å². The van der Waals surface area contributed by atoms with Gasteiger partial charge in [0.15, 0.2) is 0 Å². The van der Waals surface area contributed by atoms with Crippen LogP contribution in [0.1, 0.15) is 25.3 Å². The summed E-state index contributed by atoms with van der Waals surface area (Å²) in [6.07, 6.45) is 5.88. The van der Waals surface area contributed by atoms with Gasteiger partial charge in [0.05, 0.1) is 23.0 Å². The summed E-state index contributed by atoms with van der Waals surface area (Å²) < 4.78 is 6.39. The first-order valence-electron chi connectivity index (χ1n) is 13.1. The fourth-order valence-electron chi connectivity index (χ4n) is 6.10. The van der Waals surface area contributed by atoms with Crippen molar-refractivity contribution in [2.45, 2.75) is 38.0 Å². The smallest absolute Gasteiger partial charge is 0.213 e. The lowest BCUT2D eigenvalue weighted by atomic mass is 9.93. The molecule has 3 fully saturated rings. The number of fused-ring (bicyclic) bond motifs is 2. The molecule has 3 aliphatic rings. The van der Waals surface area contributed by atoms with Gasteiger partial charge in [0.1, 0.15) is 12.2 Å². The molecule has 1 unspecified atom stereocenters. The van der Waals surface area contributed by atoms with E-state index in [2.05, 4.69) is 61.2 Å². The van der Waals surface area contributed by atoms with Crippen LogP contribution in [-0.4, -0.2) is 78.9 Å². The van der Waals surface area contributed by atoms with Crippen molar-refractivity contribution in [2.75, 3.05) is 55.6 Å². The van der Waals surface area contributed by atoms with Gasteiger partial charge < -0.3 is 19.9 Å². The van der Waals surface area contributed by atoms with Gasteiger partial charge >= 0.3 is 0 Å². The van der Waals surface area contributed by atoms with Crippen molar-refractivity contribution in [1.82, 2.24) is 20.2 Å². The molecule has 3 aromatic rings. The van der Waals surface area contributed by atoms with E-state index in [1.54, 1.807) is 6.20 Å². The topological polar surface area (TPSA) is 80.5 Å². The lowest BCUT2D eigenvalue weighted by Gasteiger charge is -2.50. The molecule has 3 saturated heterocycles. The van der Waals surface area contributed by atoms with E-state index in [-0.39, 0.29) is 6.10 Å². The summed E-state index contributed by atoms with van der Waals surface area (Å²) in [5.74, 6) is 0.720. The summed E-state index contributed by atoms with van der Waals surface area (Å²) in [6.45, 7) is 9.33. The molecule has 5 heterocycles. The van der Waals surface area contributed by atoms with Crippen molar-refractivity contribution in [1.29, 1.82) is 5.26 Å². The van der Waals surface area contributed by atoms with E-state index >= 15 is 0 Å². The maximum Gasteiger partial charge on any atom is 0.213 e. The maximum absolute atomic E-state index is 9.53. The van der Waals surface area contributed by atoms with E-state index < -0.39 is 0 Å². The van der Waals surface area contributed by atoms with Crippen molar-refractivity contribution in [3.05, 3.63) is 54.4 Å². The lowest BCUT2D eigenvalue weighted by Crippen LogP contribution is -2.61. The fourth-order valence-corrected chi connectivity index (χ4v) is 6.10. The summed E-state index contributed by atoms with van der Waals surface area (Å²) in [4.78, 5) is 16.6. The summed E-state index contributed by atoms with van der Waals surface area (Å²) >= 11 is 0. The monoisotopic (exact) mass is 483 g/mol. The number of anilines is 2. The van der Waals surface area contributed by atoms with E-state index in [1.807, 2.05) is 24.4 Å². The zero-order valence-electron chi connectivity index (χ0n) is 20.8. The average Bonchev–Trinajstić information content (AvgIpc) is 2.93. The highest BCUT2D eigenvalue weighted by Gasteiger charge is 2.38. The molecule has 3 aliphatic heterocycles. The summed E-state index contributed by atoms with van der Waals surface area (Å²) in [6, 6.07) is 15.3. The Hall–Kier alpha value is -3.41. The molecular weight excluding hydrogens is 450 g/mol. The van der Waals surface area contributed by atoms with Gasteiger partial charge in [-0.3, -0.25) is 9.88 Å². The van der Waals surface area contributed by atoms with Crippen molar-refractivity contribution in [2.24, 2.45) is 0 Å². The maximum atomic E-state index is 9.53. The van der Waals surface area contributed by atoms with Crippen LogP contribution in [0.2, 0.25) is 0 Å². The van der Waals surface area contributed by atoms with Crippen LogP contribution in [0.5, 0.6) is 5.88 Å². The van der Waals surface area contributed by atoms with Crippen LogP contribution >= 0.6 is 0 Å². The minimum absolute atomic E-state index is 0.162. The number of piperazine rings is 2. The van der Waals surface area contributed by atoms with E-state index in [1.165, 1.54) is 5.69 Å². The van der Waals surface area contributed by atoms with Crippen LogP contribution in [-0.2, 0) is 0 Å². The van der Waals surface area contributed by atoms with Gasteiger partial charge in [-0.15, -0.1) is 0 Å². The molecule has 0 spiro atoms. The molecule has 3 atom stereocenters. The molecule has 6 rings (SSSR count). The number of aromatic nitrogens is 2. The Morgan fingerprint density at radius 1 is 1.03 bits per heavy atom. The molecule has 0 saturated carbocycles. The first kappa shape index (κ1) is 23.0. The van der Waals surface area contributed by atoms with Gasteiger partial charge in [0.2, 0.25) is 5.88 Å². The molecule has 36 heavy (non-hydrogen) atoms. The van der Waals surface area contributed by atoms with Crippen molar-refractivity contribution < 1.29 is 4.74 Å². The molecule has 186 valence electrons. The Morgan fingerprint density at radius 2 is 1.92 bits per heavy atom. The van der Waals surface area contributed by atoms with E-state index in [0.29, 0.717) is 17.6 Å². The van der Waals surface area contributed by atoms with E-state index in [4.69, 9.17) is 4.74 Å². The minimum Gasteiger partial charge on any atom is -0.474 e. The zero-order valence-corrected chi connectivity index (χ0v) is 20.8. The molecular formula is C28H33N7O. The molecule has 8 heteroatoms. The van der Waals surface area contributed by atoms with Crippen LogP contribution in [0.4, 0.5) is 11.4 Å². The number of nitrogens with one attached hydrogen (secondary N) is 1. The van der Waals surface area contributed by atoms with Crippen molar-refractivity contribution in [3.8, 4) is 11.9 Å². The largest absolute Gasteiger partial charge is 0.474 e. The number of ether oxygens (including phenoxy) is 1. The van der Waals surface area contributed by atoms with Crippen LogP contribution in [0.15, 0.2) is 48.8 Å². The van der Waals surface area contributed by atoms with Crippen LogP contribution in [0.25, 0.3) is 10.9 Å². The highest BCUT2D eigenvalue weighted by Crippen LogP contribution is 2.34. The van der Waals surface area contributed by atoms with Gasteiger partial charge in [0.25, 0.3) is 0 Å². The number of rotatable bonds is 4. The van der Waals surface area contributed by atoms with Crippen molar-refractivity contribution in [3.63, 3.8) is 0 Å². The number of pyridine rings is 2. The number of nitrogens with zero attached hydrogens (tertiary/aromatic N) is 6. The summed E-state index contributed by atoms with van der Waals surface area (Å²) in [7, 11) is 0. The first-order valence-corrected chi connectivity index (χ1v) is 13.1. The van der Waals surface area contributed by atoms with Gasteiger partial charge in [0, 0.05) is 87.7 Å². The second kappa shape index (κ2) is 9.92. The average molecular weight is 484 g/mol. The third-order valence-corrected chi connectivity index (χ3v) is 7.89. The molecule has 0 radical (unpaired) electrons. The summed E-state index contributed by atoms with van der Waals surface area (Å²) in [5.41, 5.74) is 3.74. The third kappa shape index (κ3) is 4.45. The number of nitriles is 1. The third-order valence-electron chi connectivity index (χ3n) is 7.89. The van der Waals surface area contributed by atoms with Crippen LogP contribution in [0.3, 0.4) is 0 Å². The molecule has 0 aliphatic carbocycles. The highest BCUT2D eigenvalue weighted by atomic mass is 16.5. The Bertz CT molecular complexity index is 1250. The lowest BCUT2D eigenvalue weighted by molar-refractivity contribution is 0.0222. The zero-order chi connectivity index (χ0) is 24.5. The standard InChI is InChI=1S/C28H33N7O/c1-20-18-34(26-6-4-21(16-29)28-25(26)3-2-9-31-28)19-23-15-24(8-12-35(20)23)36-27-7-5-22(17-32-27)33-13-10-30-11-14-33/h2-7,9,17,20,23-24,30H,8,10-15,18-19H2,1H3/t20-,23+,24?/m1/s1. The number of benzene rings is 1. The summed E-state index contributed by atoms with van der Waals surface area (Å²) in [5, 5.41) is 14.0. The van der Waals surface area contributed by atoms with Crippen molar-refractivity contribution >= 4 is 22.3 Å². The first-order chi connectivity index (χ1) is 17.7. The molecule has 1 N–H and O–H groups in total. The quantitative estimate of drug-likeness (QED) is 0.607. The highest BCUT2D eigenvalue weighted by molar-refractivity contribution is 5.95. The Morgan fingerprint density at radius 3 is 2.72 bits per heavy atom. The Labute approximate surface area is 212 Å². The van der Waals surface area contributed by atoms with Crippen LogP contribution < -0.4 is 19.9 Å². The fraction of sp³-hybridized carbons (Fsp3) is 0.464. The normalized spacial score (nSPS) is 24.8. The molecule has 0 amide bonds. The number of hydrogen-bond donors (Lipinski definition) is 1. The van der Waals surface area contributed by atoms with Gasteiger partial charge in [-0.2, -0.15) is 5.26 Å². The molecule has 1 aromatic carbocycles. The van der Waals surface area contributed by atoms with Gasteiger partial charge in [-0.1, -0.05) is 0 Å². The number of hydrogen-bond acceptors (Lipinski definition) is 8. The Balaban J connectivity index is 1.16. The predicted molar refractivity (Wildman–Crippen MR) is 142 cm³/mol. The SMILES string of the molecule is C[C@@H]1CN(c2ccc(C#N)c3ncccc23)C[C@@H]2CC(Oc3ccc(N4CCNCC4)cn3)CCN21. The van der Waals surface area contributed by atoms with Crippen LogP contribution in [0, 0.1) is 11.3 Å². The molecule has 0 bridgehead atoms. The second-order valence-electron chi connectivity index (χ2n) is 10.1. The van der Waals surface area contributed by atoms with Gasteiger partial charge in [-0.25, -0.2) is 4.98 Å². The Kier molecular flexibility index (Phi) is 6.34. The van der Waals surface area contributed by atoms with E-state index in [9.17, 15) is 5.26 Å². The number of piperidine rings is 1. The molecule has 8 nitrogen and oxygen atoms in total. The minimum atomic E-state index is 0.162. The second-order valence-corrected chi connectivity index (χ2v) is 10.1.